The molecule has 0 unspecified atom stereocenters. The van der Waals surface area contributed by atoms with Gasteiger partial charge in [0, 0.05) is 24.6 Å². The van der Waals surface area contributed by atoms with Gasteiger partial charge in [0.15, 0.2) is 11.5 Å². The number of carboxylic acids is 1. The largest absolute Gasteiger partial charge is 0.481 e. The normalized spacial score (nSPS) is 20.3. The highest BCUT2D eigenvalue weighted by atomic mass is 16.7. The maximum absolute atomic E-state index is 12.8. The minimum Gasteiger partial charge on any atom is -0.481 e. The third-order valence-corrected chi connectivity index (χ3v) is 4.99. The van der Waals surface area contributed by atoms with E-state index in [1.165, 1.54) is 11.0 Å². The number of ether oxygens (including phenoxy) is 2. The fourth-order valence-corrected chi connectivity index (χ4v) is 3.61. The Morgan fingerprint density at radius 2 is 1.93 bits per heavy atom. The van der Waals surface area contributed by atoms with Crippen molar-refractivity contribution in [1.82, 2.24) is 4.90 Å². The number of aliphatic carboxylic acids is 1. The molecule has 2 aliphatic rings. The molecule has 2 atom stereocenters. The molecule has 1 N–H and O–H groups in total. The Labute approximate surface area is 155 Å². The van der Waals surface area contributed by atoms with Gasteiger partial charge in [-0.25, -0.2) is 0 Å². The molecular weight excluding hydrogens is 348 g/mol. The first-order valence-electron chi connectivity index (χ1n) is 8.48. The molecule has 0 bridgehead atoms. The van der Waals surface area contributed by atoms with Gasteiger partial charge in [-0.3, -0.25) is 9.59 Å². The van der Waals surface area contributed by atoms with Crippen LogP contribution in [0.1, 0.15) is 27.4 Å². The van der Waals surface area contributed by atoms with Crippen molar-refractivity contribution < 1.29 is 24.2 Å². The number of likely N-dealkylation sites (tertiary alicyclic amines) is 1. The van der Waals surface area contributed by atoms with Crippen LogP contribution in [0.3, 0.4) is 0 Å². The number of fused-ring (bicyclic) bond motifs is 1. The van der Waals surface area contributed by atoms with Gasteiger partial charge >= 0.3 is 5.97 Å². The second-order valence-corrected chi connectivity index (χ2v) is 6.57. The lowest BCUT2D eigenvalue weighted by molar-refractivity contribution is -0.141. The number of carboxylic acid groups (broad SMARTS) is 1. The van der Waals surface area contributed by atoms with E-state index in [0.29, 0.717) is 22.6 Å². The Balaban J connectivity index is 1.61. The zero-order chi connectivity index (χ0) is 19.0. The predicted octanol–water partition coefficient (Wildman–Crippen LogP) is 2.23. The van der Waals surface area contributed by atoms with E-state index in [9.17, 15) is 14.7 Å². The van der Waals surface area contributed by atoms with Gasteiger partial charge in [0.2, 0.25) is 6.79 Å². The summed E-state index contributed by atoms with van der Waals surface area (Å²) < 4.78 is 10.7. The van der Waals surface area contributed by atoms with Gasteiger partial charge in [0.1, 0.15) is 0 Å². The van der Waals surface area contributed by atoms with Crippen molar-refractivity contribution in [3.63, 3.8) is 0 Å². The zero-order valence-corrected chi connectivity index (χ0v) is 14.3. The van der Waals surface area contributed by atoms with Crippen LogP contribution in [0.2, 0.25) is 0 Å². The summed E-state index contributed by atoms with van der Waals surface area (Å²) in [6, 6.07) is 13.8. The van der Waals surface area contributed by atoms with Crippen LogP contribution in [0.4, 0.5) is 0 Å². The number of nitrogens with zero attached hydrogens (tertiary/aromatic N) is 2. The first-order valence-corrected chi connectivity index (χ1v) is 8.48. The van der Waals surface area contributed by atoms with E-state index in [1.54, 1.807) is 30.3 Å². The molecule has 1 saturated heterocycles. The van der Waals surface area contributed by atoms with Crippen molar-refractivity contribution in [2.75, 3.05) is 19.9 Å². The van der Waals surface area contributed by atoms with Crippen LogP contribution in [-0.2, 0) is 4.79 Å². The second-order valence-electron chi connectivity index (χ2n) is 6.57. The molecule has 1 amide bonds. The highest BCUT2D eigenvalue weighted by Crippen LogP contribution is 2.39. The molecule has 1 fully saturated rings. The number of hydrogen-bond donors (Lipinski definition) is 1. The van der Waals surface area contributed by atoms with E-state index in [4.69, 9.17) is 14.7 Å². The molecule has 7 heteroatoms. The van der Waals surface area contributed by atoms with Crippen molar-refractivity contribution in [3.8, 4) is 17.6 Å². The van der Waals surface area contributed by atoms with Crippen LogP contribution >= 0.6 is 0 Å². The maximum Gasteiger partial charge on any atom is 0.308 e. The molecular formula is C20H16N2O5. The summed E-state index contributed by atoms with van der Waals surface area (Å²) in [6.07, 6.45) is 0. The van der Waals surface area contributed by atoms with E-state index >= 15 is 0 Å². The third-order valence-electron chi connectivity index (χ3n) is 4.99. The van der Waals surface area contributed by atoms with E-state index in [2.05, 4.69) is 0 Å². The Morgan fingerprint density at radius 3 is 2.70 bits per heavy atom. The van der Waals surface area contributed by atoms with Gasteiger partial charge in [0.25, 0.3) is 5.91 Å². The van der Waals surface area contributed by atoms with Crippen LogP contribution < -0.4 is 9.47 Å². The van der Waals surface area contributed by atoms with E-state index in [0.717, 1.165) is 5.56 Å². The lowest BCUT2D eigenvalue weighted by Gasteiger charge is -2.17. The molecule has 2 aromatic carbocycles. The van der Waals surface area contributed by atoms with Gasteiger partial charge in [-0.05, 0) is 35.9 Å². The molecule has 27 heavy (non-hydrogen) atoms. The summed E-state index contributed by atoms with van der Waals surface area (Å²) in [7, 11) is 0. The molecule has 2 aromatic rings. The van der Waals surface area contributed by atoms with Crippen molar-refractivity contribution in [3.05, 3.63) is 59.2 Å². The second kappa shape index (κ2) is 6.65. The summed E-state index contributed by atoms with van der Waals surface area (Å²) in [6.45, 7) is 0.544. The minimum atomic E-state index is -0.946. The number of carbonyl (C=O) groups is 2. The Bertz CT molecular complexity index is 965. The lowest BCUT2D eigenvalue weighted by Crippen LogP contribution is -2.29. The third kappa shape index (κ3) is 3.06. The Morgan fingerprint density at radius 1 is 1.11 bits per heavy atom. The number of rotatable bonds is 3. The Hall–Kier alpha value is -3.53. The first kappa shape index (κ1) is 16.9. The number of nitriles is 1. The molecule has 136 valence electrons. The molecule has 0 saturated carbocycles. The smallest absolute Gasteiger partial charge is 0.308 e. The summed E-state index contributed by atoms with van der Waals surface area (Å²) in [5, 5.41) is 18.7. The molecule has 0 aliphatic carbocycles. The maximum atomic E-state index is 12.8. The first-order chi connectivity index (χ1) is 13.1. The Kier molecular flexibility index (Phi) is 4.16. The van der Waals surface area contributed by atoms with Gasteiger partial charge < -0.3 is 19.5 Å². The molecule has 2 aliphatic heterocycles. The van der Waals surface area contributed by atoms with Crippen LogP contribution in [-0.4, -0.2) is 41.8 Å². The zero-order valence-electron chi connectivity index (χ0n) is 14.3. The highest BCUT2D eigenvalue weighted by molar-refractivity contribution is 5.95. The standard InChI is InChI=1S/C20H16N2O5/c21-8-12-2-1-3-14(6-12)19(23)22-9-15(16(10-22)20(24)25)13-4-5-17-18(7-13)27-11-26-17/h1-7,15-16H,9-11H2,(H,24,25)/t15-,16+/m0/s1. The molecule has 2 heterocycles. The molecule has 0 aromatic heterocycles. The predicted molar refractivity (Wildman–Crippen MR) is 93.5 cm³/mol. The van der Waals surface area contributed by atoms with E-state index in [-0.39, 0.29) is 31.7 Å². The number of hydrogen-bond acceptors (Lipinski definition) is 5. The molecule has 0 spiro atoms. The van der Waals surface area contributed by atoms with Crippen LogP contribution in [0.25, 0.3) is 0 Å². The average molecular weight is 364 g/mol. The van der Waals surface area contributed by atoms with Crippen LogP contribution in [0.5, 0.6) is 11.5 Å². The van der Waals surface area contributed by atoms with Crippen molar-refractivity contribution in [2.45, 2.75) is 5.92 Å². The number of benzene rings is 2. The summed E-state index contributed by atoms with van der Waals surface area (Å²) in [4.78, 5) is 26.1. The number of amides is 1. The van der Waals surface area contributed by atoms with Gasteiger partial charge in [-0.1, -0.05) is 12.1 Å². The summed E-state index contributed by atoms with van der Waals surface area (Å²) in [5.74, 6) is -1.07. The fraction of sp³-hybridized carbons (Fsp3) is 0.250. The molecule has 0 radical (unpaired) electrons. The summed E-state index contributed by atoms with van der Waals surface area (Å²) in [5.41, 5.74) is 1.57. The quantitative estimate of drug-likeness (QED) is 0.896. The van der Waals surface area contributed by atoms with Crippen molar-refractivity contribution in [2.24, 2.45) is 5.92 Å². The van der Waals surface area contributed by atoms with Crippen molar-refractivity contribution in [1.29, 1.82) is 5.26 Å². The van der Waals surface area contributed by atoms with Crippen LogP contribution in [0, 0.1) is 17.2 Å². The minimum absolute atomic E-state index is 0.115. The van der Waals surface area contributed by atoms with Gasteiger partial charge in [0.05, 0.1) is 17.6 Å². The van der Waals surface area contributed by atoms with Gasteiger partial charge in [-0.2, -0.15) is 5.26 Å². The SMILES string of the molecule is N#Cc1cccc(C(=O)N2C[C@@H](C(=O)O)[C@H](c3ccc4c(c3)OCO4)C2)c1. The molecule has 4 rings (SSSR count). The number of carbonyl (C=O) groups excluding carboxylic acids is 1. The average Bonchev–Trinajstić information content (AvgIpc) is 3.33. The topological polar surface area (TPSA) is 99.9 Å². The monoisotopic (exact) mass is 364 g/mol. The fourth-order valence-electron chi connectivity index (χ4n) is 3.61. The van der Waals surface area contributed by atoms with E-state index < -0.39 is 11.9 Å². The lowest BCUT2D eigenvalue weighted by atomic mass is 9.89. The van der Waals surface area contributed by atoms with E-state index in [1.807, 2.05) is 12.1 Å². The molecule has 7 nitrogen and oxygen atoms in total. The summed E-state index contributed by atoms with van der Waals surface area (Å²) >= 11 is 0. The van der Waals surface area contributed by atoms with Gasteiger partial charge in [-0.15, -0.1) is 0 Å². The van der Waals surface area contributed by atoms with Crippen LogP contribution in [0.15, 0.2) is 42.5 Å². The van der Waals surface area contributed by atoms with Crippen molar-refractivity contribution >= 4 is 11.9 Å². The highest BCUT2D eigenvalue weighted by Gasteiger charge is 2.41.